The van der Waals surface area contributed by atoms with E-state index in [1.165, 1.54) is 0 Å². The van der Waals surface area contributed by atoms with Crippen molar-refractivity contribution in [3.05, 3.63) is 76.2 Å². The number of rotatable bonds is 6. The van der Waals surface area contributed by atoms with Crippen molar-refractivity contribution >= 4 is 17.2 Å². The third kappa shape index (κ3) is 3.95. The summed E-state index contributed by atoms with van der Waals surface area (Å²) >= 11 is 1.56. The van der Waals surface area contributed by atoms with Gasteiger partial charge in [0.15, 0.2) is 11.5 Å². The lowest BCUT2D eigenvalue weighted by molar-refractivity contribution is -0.133. The number of aromatic nitrogens is 1. The van der Waals surface area contributed by atoms with Gasteiger partial charge in [0.05, 0.1) is 19.0 Å². The molecule has 5 nitrogen and oxygen atoms in total. The number of hydrogen-bond donors (Lipinski definition) is 0. The molecule has 138 valence electrons. The zero-order valence-corrected chi connectivity index (χ0v) is 15.8. The predicted octanol–water partition coefficient (Wildman–Crippen LogP) is 4.20. The van der Waals surface area contributed by atoms with Gasteiger partial charge < -0.3 is 14.4 Å². The fourth-order valence-electron chi connectivity index (χ4n) is 3.16. The highest BCUT2D eigenvalue weighted by atomic mass is 32.1. The lowest BCUT2D eigenvalue weighted by Crippen LogP contribution is -2.34. The smallest absolute Gasteiger partial charge is 0.231 e. The maximum absolute atomic E-state index is 13.2. The number of nitrogens with zero attached hydrogens (tertiary/aromatic N) is 2. The molecule has 6 heteroatoms. The standard InChI is InChI=1S/C21H20N2O3S/c1-15(17-5-3-2-4-6-17)23(13-20-22-9-10-27-20)21(24)12-16-7-8-18-19(11-16)26-14-25-18/h2-11,15H,12-14H2,1H3/t15-/m0/s1. The molecule has 1 amide bonds. The van der Waals surface area contributed by atoms with Crippen molar-refractivity contribution in [3.8, 4) is 11.5 Å². The third-order valence-electron chi connectivity index (χ3n) is 4.65. The molecule has 0 spiro atoms. The van der Waals surface area contributed by atoms with E-state index in [0.717, 1.165) is 21.9 Å². The number of ether oxygens (including phenoxy) is 2. The topological polar surface area (TPSA) is 51.7 Å². The fourth-order valence-corrected chi connectivity index (χ4v) is 3.77. The first-order valence-electron chi connectivity index (χ1n) is 8.82. The van der Waals surface area contributed by atoms with E-state index in [4.69, 9.17) is 9.47 Å². The number of thiazole rings is 1. The summed E-state index contributed by atoms with van der Waals surface area (Å²) in [5.41, 5.74) is 2.02. The van der Waals surface area contributed by atoms with Gasteiger partial charge in [0.2, 0.25) is 12.7 Å². The van der Waals surface area contributed by atoms with Gasteiger partial charge in [0, 0.05) is 11.6 Å². The van der Waals surface area contributed by atoms with Gasteiger partial charge in [-0.1, -0.05) is 36.4 Å². The second-order valence-corrected chi connectivity index (χ2v) is 7.38. The Hall–Kier alpha value is -2.86. The maximum atomic E-state index is 13.2. The minimum Gasteiger partial charge on any atom is -0.454 e. The van der Waals surface area contributed by atoms with Crippen LogP contribution in [0.4, 0.5) is 0 Å². The molecule has 0 radical (unpaired) electrons. The molecule has 0 unspecified atom stereocenters. The van der Waals surface area contributed by atoms with Crippen LogP contribution in [0.3, 0.4) is 0 Å². The van der Waals surface area contributed by atoms with Crippen LogP contribution in [0.25, 0.3) is 0 Å². The van der Waals surface area contributed by atoms with Crippen molar-refractivity contribution in [2.24, 2.45) is 0 Å². The lowest BCUT2D eigenvalue weighted by atomic mass is 10.0. The van der Waals surface area contributed by atoms with E-state index in [1.807, 2.05) is 58.8 Å². The Morgan fingerprint density at radius 1 is 1.19 bits per heavy atom. The van der Waals surface area contributed by atoms with E-state index in [9.17, 15) is 4.79 Å². The lowest BCUT2D eigenvalue weighted by Gasteiger charge is -2.29. The fraction of sp³-hybridized carbons (Fsp3) is 0.238. The van der Waals surface area contributed by atoms with Crippen LogP contribution >= 0.6 is 11.3 Å². The van der Waals surface area contributed by atoms with Crippen molar-refractivity contribution in [2.75, 3.05) is 6.79 Å². The van der Waals surface area contributed by atoms with Gasteiger partial charge in [-0.3, -0.25) is 4.79 Å². The Morgan fingerprint density at radius 3 is 2.78 bits per heavy atom. The molecule has 3 aromatic rings. The summed E-state index contributed by atoms with van der Waals surface area (Å²) in [6.45, 7) is 2.78. The van der Waals surface area contributed by atoms with Crippen molar-refractivity contribution in [3.63, 3.8) is 0 Å². The van der Waals surface area contributed by atoms with Crippen molar-refractivity contribution in [1.82, 2.24) is 9.88 Å². The average Bonchev–Trinajstić information content (AvgIpc) is 3.37. The molecule has 2 heterocycles. The first-order valence-corrected chi connectivity index (χ1v) is 9.70. The van der Waals surface area contributed by atoms with Crippen LogP contribution in [0.15, 0.2) is 60.1 Å². The van der Waals surface area contributed by atoms with Crippen LogP contribution in [0.1, 0.15) is 29.1 Å². The summed E-state index contributed by atoms with van der Waals surface area (Å²) in [6.07, 6.45) is 2.08. The number of amides is 1. The van der Waals surface area contributed by atoms with E-state index in [0.29, 0.717) is 18.7 Å². The van der Waals surface area contributed by atoms with Crippen LogP contribution < -0.4 is 9.47 Å². The second-order valence-electron chi connectivity index (χ2n) is 6.40. The summed E-state index contributed by atoms with van der Waals surface area (Å²) in [7, 11) is 0. The molecule has 0 saturated heterocycles. The quantitative estimate of drug-likeness (QED) is 0.643. The molecular weight excluding hydrogens is 360 g/mol. The van der Waals surface area contributed by atoms with E-state index in [1.54, 1.807) is 17.5 Å². The number of carbonyl (C=O) groups excluding carboxylic acids is 1. The normalized spacial score (nSPS) is 13.4. The molecule has 0 aliphatic carbocycles. The van der Waals surface area contributed by atoms with Crippen LogP contribution in [-0.2, 0) is 17.8 Å². The largest absolute Gasteiger partial charge is 0.454 e. The Morgan fingerprint density at radius 2 is 2.00 bits per heavy atom. The van der Waals surface area contributed by atoms with Crippen LogP contribution in [0.2, 0.25) is 0 Å². The Kier molecular flexibility index (Phi) is 5.07. The number of benzene rings is 2. The zero-order chi connectivity index (χ0) is 18.6. The summed E-state index contributed by atoms with van der Waals surface area (Å²) < 4.78 is 10.8. The van der Waals surface area contributed by atoms with Crippen molar-refractivity contribution in [2.45, 2.75) is 25.9 Å². The van der Waals surface area contributed by atoms with Gasteiger partial charge in [-0.25, -0.2) is 4.98 Å². The van der Waals surface area contributed by atoms with E-state index < -0.39 is 0 Å². The van der Waals surface area contributed by atoms with Crippen molar-refractivity contribution in [1.29, 1.82) is 0 Å². The molecular formula is C21H20N2O3S. The maximum Gasteiger partial charge on any atom is 0.231 e. The van der Waals surface area contributed by atoms with Gasteiger partial charge in [0.25, 0.3) is 0 Å². The minimum atomic E-state index is -0.0448. The molecule has 27 heavy (non-hydrogen) atoms. The zero-order valence-electron chi connectivity index (χ0n) is 15.0. The first-order chi connectivity index (χ1) is 13.2. The summed E-state index contributed by atoms with van der Waals surface area (Å²) in [5.74, 6) is 1.48. The average molecular weight is 380 g/mol. The summed E-state index contributed by atoms with van der Waals surface area (Å²) in [4.78, 5) is 19.4. The molecule has 1 atom stereocenters. The summed E-state index contributed by atoms with van der Waals surface area (Å²) in [5, 5.41) is 2.86. The molecule has 1 aliphatic heterocycles. The van der Waals surface area contributed by atoms with Gasteiger partial charge in [-0.05, 0) is 30.2 Å². The molecule has 0 saturated carbocycles. The highest BCUT2D eigenvalue weighted by Gasteiger charge is 2.23. The molecule has 0 bridgehead atoms. The van der Waals surface area contributed by atoms with Gasteiger partial charge in [0.1, 0.15) is 5.01 Å². The first kappa shape index (κ1) is 17.5. The number of hydrogen-bond acceptors (Lipinski definition) is 5. The predicted molar refractivity (Wildman–Crippen MR) is 104 cm³/mol. The van der Waals surface area contributed by atoms with Gasteiger partial charge in [-0.15, -0.1) is 11.3 Å². The molecule has 0 N–H and O–H groups in total. The third-order valence-corrected chi connectivity index (χ3v) is 5.42. The number of carbonyl (C=O) groups is 1. The molecule has 2 aromatic carbocycles. The SMILES string of the molecule is C[C@@H](c1ccccc1)N(Cc1nccs1)C(=O)Cc1ccc2c(c1)OCO2. The summed E-state index contributed by atoms with van der Waals surface area (Å²) in [6, 6.07) is 15.7. The molecule has 1 aliphatic rings. The van der Waals surface area contributed by atoms with E-state index in [2.05, 4.69) is 11.9 Å². The highest BCUT2D eigenvalue weighted by molar-refractivity contribution is 7.09. The minimum absolute atomic E-state index is 0.0448. The van der Waals surface area contributed by atoms with E-state index in [-0.39, 0.29) is 18.7 Å². The van der Waals surface area contributed by atoms with E-state index >= 15 is 0 Å². The van der Waals surface area contributed by atoms with Crippen LogP contribution in [-0.4, -0.2) is 22.6 Å². The van der Waals surface area contributed by atoms with Gasteiger partial charge in [-0.2, -0.15) is 0 Å². The second kappa shape index (κ2) is 7.80. The Balaban J connectivity index is 1.56. The van der Waals surface area contributed by atoms with Crippen LogP contribution in [0.5, 0.6) is 11.5 Å². The molecule has 0 fully saturated rings. The van der Waals surface area contributed by atoms with Gasteiger partial charge >= 0.3 is 0 Å². The molecule has 4 rings (SSSR count). The molecule has 1 aromatic heterocycles. The van der Waals surface area contributed by atoms with Crippen LogP contribution in [0, 0.1) is 0 Å². The number of fused-ring (bicyclic) bond motifs is 1. The Bertz CT molecular complexity index is 912. The highest BCUT2D eigenvalue weighted by Crippen LogP contribution is 2.33. The van der Waals surface area contributed by atoms with Crippen molar-refractivity contribution < 1.29 is 14.3 Å². The Labute approximate surface area is 162 Å². The monoisotopic (exact) mass is 380 g/mol.